The smallest absolute Gasteiger partial charge is 0.450 e. The maximum Gasteiger partial charge on any atom is 0.450 e. The highest BCUT2D eigenvalue weighted by atomic mass is 32.2. The van der Waals surface area contributed by atoms with Gasteiger partial charge in [0.25, 0.3) is 0 Å². The lowest BCUT2D eigenvalue weighted by Gasteiger charge is -2.15. The van der Waals surface area contributed by atoms with Gasteiger partial charge < -0.3 is 9.73 Å². The van der Waals surface area contributed by atoms with Crippen LogP contribution in [-0.2, 0) is 21.0 Å². The Bertz CT molecular complexity index is 666. The molecule has 6 nitrogen and oxygen atoms in total. The van der Waals surface area contributed by atoms with Crippen LogP contribution in [0.15, 0.2) is 15.4 Å². The quantitative estimate of drug-likeness (QED) is 0.874. The molecule has 22 heavy (non-hydrogen) atoms. The molecule has 1 amide bonds. The predicted molar refractivity (Wildman–Crippen MR) is 69.4 cm³/mol. The molecule has 1 saturated heterocycles. The number of halogens is 3. The normalized spacial score (nSPS) is 20.5. The topological polar surface area (TPSA) is 88.4 Å². The second-order valence-electron chi connectivity index (χ2n) is 5.01. The van der Waals surface area contributed by atoms with E-state index in [4.69, 9.17) is 0 Å². The Hall–Kier alpha value is -1.55. The molecule has 0 spiro atoms. The van der Waals surface area contributed by atoms with Crippen molar-refractivity contribution in [3.63, 3.8) is 0 Å². The molecule has 1 aliphatic rings. The maximum atomic E-state index is 12.8. The van der Waals surface area contributed by atoms with E-state index in [-0.39, 0.29) is 12.2 Å². The Balaban J connectivity index is 2.33. The average Bonchev–Trinajstić information content (AvgIpc) is 2.69. The second kappa shape index (κ2) is 5.92. The molecule has 1 unspecified atom stereocenters. The SMILES string of the molecule is Cc1cc(S(=O)(=O)NC2CCCCNC2=O)c(C(F)(F)F)o1. The van der Waals surface area contributed by atoms with Gasteiger partial charge in [-0.15, -0.1) is 0 Å². The molecule has 124 valence electrons. The summed E-state index contributed by atoms with van der Waals surface area (Å²) in [6.07, 6.45) is -3.45. The third-order valence-corrected chi connectivity index (χ3v) is 4.68. The molecule has 0 bridgehead atoms. The fourth-order valence-corrected chi connectivity index (χ4v) is 3.64. The lowest BCUT2D eigenvalue weighted by Crippen LogP contribution is -2.45. The van der Waals surface area contributed by atoms with Crippen LogP contribution in [0.3, 0.4) is 0 Å². The first-order valence-corrected chi connectivity index (χ1v) is 8.07. The van der Waals surface area contributed by atoms with Crippen molar-refractivity contribution in [2.75, 3.05) is 6.54 Å². The van der Waals surface area contributed by atoms with Crippen molar-refractivity contribution in [3.05, 3.63) is 17.6 Å². The fourth-order valence-electron chi connectivity index (χ4n) is 2.19. The van der Waals surface area contributed by atoms with E-state index in [1.807, 2.05) is 4.72 Å². The van der Waals surface area contributed by atoms with Crippen LogP contribution < -0.4 is 10.0 Å². The highest BCUT2D eigenvalue weighted by Crippen LogP contribution is 2.36. The molecular formula is C12H15F3N2O4S. The van der Waals surface area contributed by atoms with Crippen LogP contribution in [0.5, 0.6) is 0 Å². The van der Waals surface area contributed by atoms with Crippen LogP contribution in [0, 0.1) is 6.92 Å². The van der Waals surface area contributed by atoms with Crippen molar-refractivity contribution in [1.29, 1.82) is 0 Å². The van der Waals surface area contributed by atoms with Crippen molar-refractivity contribution in [2.45, 2.75) is 43.3 Å². The predicted octanol–water partition coefficient (Wildman–Crippen LogP) is 1.55. The van der Waals surface area contributed by atoms with Crippen molar-refractivity contribution < 1.29 is 30.8 Å². The molecule has 1 aromatic rings. The van der Waals surface area contributed by atoms with E-state index >= 15 is 0 Å². The summed E-state index contributed by atoms with van der Waals surface area (Å²) in [6, 6.07) is -0.302. The number of carbonyl (C=O) groups is 1. The molecule has 0 aliphatic carbocycles. The average molecular weight is 340 g/mol. The second-order valence-corrected chi connectivity index (χ2v) is 6.69. The van der Waals surface area contributed by atoms with Gasteiger partial charge in [-0.3, -0.25) is 4.79 Å². The maximum absolute atomic E-state index is 12.8. The summed E-state index contributed by atoms with van der Waals surface area (Å²) in [5.41, 5.74) is 0. The van der Waals surface area contributed by atoms with E-state index in [1.54, 1.807) is 0 Å². The molecule has 2 rings (SSSR count). The molecule has 0 saturated carbocycles. The lowest BCUT2D eigenvalue weighted by molar-refractivity contribution is -0.155. The summed E-state index contributed by atoms with van der Waals surface area (Å²) in [5, 5.41) is 2.51. The summed E-state index contributed by atoms with van der Waals surface area (Å²) >= 11 is 0. The van der Waals surface area contributed by atoms with Gasteiger partial charge in [-0.25, -0.2) is 8.42 Å². The highest BCUT2D eigenvalue weighted by molar-refractivity contribution is 7.89. The van der Waals surface area contributed by atoms with Crippen molar-refractivity contribution in [3.8, 4) is 0 Å². The Labute approximate surface area is 125 Å². The first-order valence-electron chi connectivity index (χ1n) is 6.59. The van der Waals surface area contributed by atoms with Crippen molar-refractivity contribution in [1.82, 2.24) is 10.0 Å². The summed E-state index contributed by atoms with van der Waals surface area (Å²) < 4.78 is 69.4. The molecule has 1 atom stereocenters. The van der Waals surface area contributed by atoms with Gasteiger partial charge in [-0.05, 0) is 26.2 Å². The number of furan rings is 1. The number of rotatable bonds is 3. The van der Waals surface area contributed by atoms with Gasteiger partial charge in [0, 0.05) is 12.6 Å². The van der Waals surface area contributed by atoms with Gasteiger partial charge in [0.2, 0.25) is 21.7 Å². The van der Waals surface area contributed by atoms with Crippen LogP contribution in [0.4, 0.5) is 13.2 Å². The minimum absolute atomic E-state index is 0.182. The summed E-state index contributed by atoms with van der Waals surface area (Å²) in [5.74, 6) is -2.32. The number of nitrogens with one attached hydrogen (secondary N) is 2. The Kier molecular flexibility index (Phi) is 4.52. The fraction of sp³-hybridized carbons (Fsp3) is 0.583. The molecule has 0 radical (unpaired) electrons. The van der Waals surface area contributed by atoms with Gasteiger partial charge in [0.15, 0.2) is 0 Å². The van der Waals surface area contributed by atoms with Gasteiger partial charge >= 0.3 is 6.18 Å². The Morgan fingerprint density at radius 3 is 2.68 bits per heavy atom. The van der Waals surface area contributed by atoms with E-state index in [2.05, 4.69) is 9.73 Å². The highest BCUT2D eigenvalue weighted by Gasteiger charge is 2.42. The largest absolute Gasteiger partial charge is 0.455 e. The monoisotopic (exact) mass is 340 g/mol. The Morgan fingerprint density at radius 1 is 1.36 bits per heavy atom. The molecule has 2 heterocycles. The lowest BCUT2D eigenvalue weighted by atomic mass is 10.1. The third kappa shape index (κ3) is 3.61. The summed E-state index contributed by atoms with van der Waals surface area (Å²) in [6.45, 7) is 1.63. The standard InChI is InChI=1S/C12H15F3N2O4S/c1-7-6-9(10(21-7)12(13,14)15)22(19,20)17-8-4-2-3-5-16-11(8)18/h6,8,17H,2-5H2,1H3,(H,16,18). The number of amides is 1. The van der Waals surface area contributed by atoms with Crippen LogP contribution in [-0.4, -0.2) is 26.9 Å². The van der Waals surface area contributed by atoms with Crippen LogP contribution in [0.1, 0.15) is 30.8 Å². The number of carbonyl (C=O) groups excluding carboxylic acids is 1. The van der Waals surface area contributed by atoms with Gasteiger partial charge in [-0.1, -0.05) is 0 Å². The van der Waals surface area contributed by atoms with E-state index in [1.165, 1.54) is 6.92 Å². The summed E-state index contributed by atoms with van der Waals surface area (Å²) in [4.78, 5) is 10.7. The molecule has 1 fully saturated rings. The van der Waals surface area contributed by atoms with Gasteiger partial charge in [0.1, 0.15) is 16.7 Å². The van der Waals surface area contributed by atoms with Gasteiger partial charge in [-0.2, -0.15) is 17.9 Å². The minimum atomic E-state index is -4.94. The Morgan fingerprint density at radius 2 is 2.05 bits per heavy atom. The zero-order valence-corrected chi connectivity index (χ0v) is 12.5. The van der Waals surface area contributed by atoms with E-state index in [9.17, 15) is 26.4 Å². The number of aryl methyl sites for hydroxylation is 1. The third-order valence-electron chi connectivity index (χ3n) is 3.20. The molecule has 1 aromatic heterocycles. The van der Waals surface area contributed by atoms with Crippen molar-refractivity contribution >= 4 is 15.9 Å². The van der Waals surface area contributed by atoms with E-state index < -0.39 is 38.8 Å². The minimum Gasteiger partial charge on any atom is -0.455 e. The first kappa shape index (κ1) is 16.8. The van der Waals surface area contributed by atoms with Crippen LogP contribution in [0.25, 0.3) is 0 Å². The number of hydrogen-bond acceptors (Lipinski definition) is 4. The summed E-state index contributed by atoms with van der Waals surface area (Å²) in [7, 11) is -4.53. The number of hydrogen-bond donors (Lipinski definition) is 2. The number of sulfonamides is 1. The zero-order valence-electron chi connectivity index (χ0n) is 11.7. The van der Waals surface area contributed by atoms with E-state index in [0.29, 0.717) is 19.4 Å². The van der Waals surface area contributed by atoms with Crippen LogP contribution >= 0.6 is 0 Å². The molecule has 1 aliphatic heterocycles. The van der Waals surface area contributed by atoms with Crippen molar-refractivity contribution in [2.24, 2.45) is 0 Å². The molecule has 10 heteroatoms. The number of alkyl halides is 3. The van der Waals surface area contributed by atoms with Crippen LogP contribution in [0.2, 0.25) is 0 Å². The zero-order chi connectivity index (χ0) is 16.5. The molecule has 0 aromatic carbocycles. The van der Waals surface area contributed by atoms with E-state index in [0.717, 1.165) is 6.07 Å². The molecular weight excluding hydrogens is 325 g/mol. The first-order chi connectivity index (χ1) is 10.1. The molecule has 2 N–H and O–H groups in total. The van der Waals surface area contributed by atoms with Gasteiger partial charge in [0.05, 0.1) is 0 Å².